The zero-order valence-corrected chi connectivity index (χ0v) is 13.4. The molecule has 1 fully saturated rings. The van der Waals surface area contributed by atoms with Crippen molar-refractivity contribution < 1.29 is 9.53 Å². The first-order chi connectivity index (χ1) is 9.83. The van der Waals surface area contributed by atoms with Gasteiger partial charge in [0.1, 0.15) is 5.60 Å². The monoisotopic (exact) mass is 312 g/mol. The average molecular weight is 313 g/mol. The van der Waals surface area contributed by atoms with Crippen LogP contribution in [0, 0.1) is 0 Å². The third-order valence-corrected chi connectivity index (χ3v) is 3.30. The van der Waals surface area contributed by atoms with Gasteiger partial charge < -0.3 is 15.0 Å². The molecular formula is C14H21ClN4O2. The smallest absolute Gasteiger partial charge is 0.410 e. The first-order valence-corrected chi connectivity index (χ1v) is 7.41. The van der Waals surface area contributed by atoms with Crippen molar-refractivity contribution in [1.29, 1.82) is 0 Å². The summed E-state index contributed by atoms with van der Waals surface area (Å²) in [5, 5.41) is 11.5. The molecule has 0 spiro atoms. The standard InChI is InChI=1S/C14H21ClN4O2/c1-14(2,3)21-13(20)19-7-6-11(9-19)16-8-10-4-5-12(15)18-17-10/h4-5,11,16H,6-9H2,1-3H3/t11-/m0/s1. The Kier molecular flexibility index (Phi) is 5.00. The highest BCUT2D eigenvalue weighted by molar-refractivity contribution is 6.29. The van der Waals surface area contributed by atoms with Crippen LogP contribution in [0.3, 0.4) is 0 Å². The molecule has 1 atom stereocenters. The fraction of sp³-hybridized carbons (Fsp3) is 0.643. The van der Waals surface area contributed by atoms with Gasteiger partial charge in [0.25, 0.3) is 0 Å². The molecule has 0 aromatic carbocycles. The maximum atomic E-state index is 12.0. The molecule has 0 unspecified atom stereocenters. The number of hydrogen-bond donors (Lipinski definition) is 1. The number of nitrogens with one attached hydrogen (secondary N) is 1. The lowest BCUT2D eigenvalue weighted by Gasteiger charge is -2.24. The highest BCUT2D eigenvalue weighted by atomic mass is 35.5. The van der Waals surface area contributed by atoms with Gasteiger partial charge in [0.05, 0.1) is 5.69 Å². The molecule has 1 aliphatic rings. The van der Waals surface area contributed by atoms with Crippen molar-refractivity contribution in [2.45, 2.75) is 45.4 Å². The average Bonchev–Trinajstić information content (AvgIpc) is 2.85. The highest BCUT2D eigenvalue weighted by Gasteiger charge is 2.29. The molecule has 0 bridgehead atoms. The molecule has 2 rings (SSSR count). The second kappa shape index (κ2) is 6.58. The van der Waals surface area contributed by atoms with Crippen molar-refractivity contribution in [1.82, 2.24) is 20.4 Å². The predicted octanol–water partition coefficient (Wildman–Crippen LogP) is 2.23. The molecule has 1 amide bonds. The number of amides is 1. The van der Waals surface area contributed by atoms with Crippen LogP contribution >= 0.6 is 11.6 Å². The van der Waals surface area contributed by atoms with Gasteiger partial charge in [-0.1, -0.05) is 11.6 Å². The number of carbonyl (C=O) groups is 1. The lowest BCUT2D eigenvalue weighted by molar-refractivity contribution is 0.0291. The van der Waals surface area contributed by atoms with Gasteiger partial charge in [-0.2, -0.15) is 5.10 Å². The van der Waals surface area contributed by atoms with E-state index in [2.05, 4.69) is 15.5 Å². The molecule has 1 N–H and O–H groups in total. The molecule has 1 aliphatic heterocycles. The van der Waals surface area contributed by atoms with E-state index in [0.717, 1.165) is 12.1 Å². The lowest BCUT2D eigenvalue weighted by Crippen LogP contribution is -2.38. The van der Waals surface area contributed by atoms with Gasteiger partial charge in [0.2, 0.25) is 0 Å². The maximum absolute atomic E-state index is 12.0. The third-order valence-electron chi connectivity index (χ3n) is 3.10. The largest absolute Gasteiger partial charge is 0.444 e. The van der Waals surface area contributed by atoms with Crippen molar-refractivity contribution >= 4 is 17.7 Å². The van der Waals surface area contributed by atoms with E-state index in [1.165, 1.54) is 0 Å². The fourth-order valence-corrected chi connectivity index (χ4v) is 2.21. The number of hydrogen-bond acceptors (Lipinski definition) is 5. The topological polar surface area (TPSA) is 67.3 Å². The Balaban J connectivity index is 1.77. The Morgan fingerprint density at radius 1 is 1.48 bits per heavy atom. The van der Waals surface area contributed by atoms with Crippen LogP contribution in [0.2, 0.25) is 5.15 Å². The number of ether oxygens (including phenoxy) is 1. The summed E-state index contributed by atoms with van der Waals surface area (Å²) in [4.78, 5) is 13.7. The van der Waals surface area contributed by atoms with Crippen LogP contribution in [0.1, 0.15) is 32.9 Å². The van der Waals surface area contributed by atoms with E-state index in [1.54, 1.807) is 11.0 Å². The summed E-state index contributed by atoms with van der Waals surface area (Å²) < 4.78 is 5.37. The number of likely N-dealkylation sites (tertiary alicyclic amines) is 1. The van der Waals surface area contributed by atoms with E-state index in [-0.39, 0.29) is 12.1 Å². The van der Waals surface area contributed by atoms with Crippen molar-refractivity contribution in [3.05, 3.63) is 23.0 Å². The molecule has 7 heteroatoms. The van der Waals surface area contributed by atoms with Gasteiger partial charge in [-0.3, -0.25) is 0 Å². The van der Waals surface area contributed by atoms with Gasteiger partial charge in [-0.15, -0.1) is 5.10 Å². The Bertz CT molecular complexity index is 487. The summed E-state index contributed by atoms with van der Waals surface area (Å²) >= 11 is 5.69. The minimum Gasteiger partial charge on any atom is -0.444 e. The molecule has 21 heavy (non-hydrogen) atoms. The Morgan fingerprint density at radius 2 is 2.24 bits per heavy atom. The summed E-state index contributed by atoms with van der Waals surface area (Å²) in [7, 11) is 0. The molecule has 1 aromatic rings. The Hall–Kier alpha value is -1.40. The zero-order chi connectivity index (χ0) is 15.5. The number of carbonyl (C=O) groups excluding carboxylic acids is 1. The number of halogens is 1. The van der Waals surface area contributed by atoms with E-state index in [0.29, 0.717) is 24.8 Å². The molecule has 0 aliphatic carbocycles. The van der Waals surface area contributed by atoms with Crippen LogP contribution in [-0.2, 0) is 11.3 Å². The van der Waals surface area contributed by atoms with Gasteiger partial charge in [-0.05, 0) is 39.3 Å². The van der Waals surface area contributed by atoms with E-state index in [4.69, 9.17) is 16.3 Å². The van der Waals surface area contributed by atoms with Crippen LogP contribution in [0.5, 0.6) is 0 Å². The van der Waals surface area contributed by atoms with Gasteiger partial charge in [0.15, 0.2) is 5.15 Å². The normalized spacial score (nSPS) is 18.9. The highest BCUT2D eigenvalue weighted by Crippen LogP contribution is 2.15. The predicted molar refractivity (Wildman–Crippen MR) is 80.1 cm³/mol. The van der Waals surface area contributed by atoms with E-state index in [1.807, 2.05) is 26.8 Å². The SMILES string of the molecule is CC(C)(C)OC(=O)N1CC[C@H](NCc2ccc(Cl)nn2)C1. The minimum absolute atomic E-state index is 0.245. The first kappa shape index (κ1) is 16.0. The second-order valence-corrected chi connectivity index (χ2v) is 6.53. The van der Waals surface area contributed by atoms with Crippen LogP contribution in [0.4, 0.5) is 4.79 Å². The van der Waals surface area contributed by atoms with Crippen molar-refractivity contribution in [3.8, 4) is 0 Å². The number of rotatable bonds is 3. The quantitative estimate of drug-likeness (QED) is 0.927. The van der Waals surface area contributed by atoms with Crippen molar-refractivity contribution in [2.75, 3.05) is 13.1 Å². The minimum atomic E-state index is -0.457. The van der Waals surface area contributed by atoms with Crippen molar-refractivity contribution in [3.63, 3.8) is 0 Å². The van der Waals surface area contributed by atoms with Crippen LogP contribution < -0.4 is 5.32 Å². The maximum Gasteiger partial charge on any atom is 0.410 e. The third kappa shape index (κ3) is 5.13. The van der Waals surface area contributed by atoms with E-state index >= 15 is 0 Å². The summed E-state index contributed by atoms with van der Waals surface area (Å²) in [5.41, 5.74) is 0.372. The van der Waals surface area contributed by atoms with Crippen LogP contribution in [0.15, 0.2) is 12.1 Å². The number of nitrogens with zero attached hydrogens (tertiary/aromatic N) is 3. The second-order valence-electron chi connectivity index (χ2n) is 6.14. The van der Waals surface area contributed by atoms with E-state index in [9.17, 15) is 4.79 Å². The lowest BCUT2D eigenvalue weighted by atomic mass is 10.2. The molecule has 6 nitrogen and oxygen atoms in total. The summed E-state index contributed by atoms with van der Waals surface area (Å²) in [6.07, 6.45) is 0.651. The summed E-state index contributed by atoms with van der Waals surface area (Å²) in [6, 6.07) is 3.80. The summed E-state index contributed by atoms with van der Waals surface area (Å²) in [6.45, 7) is 7.58. The van der Waals surface area contributed by atoms with Gasteiger partial charge >= 0.3 is 6.09 Å². The molecular weight excluding hydrogens is 292 g/mol. The fourth-order valence-electron chi connectivity index (χ4n) is 2.11. The molecule has 1 saturated heterocycles. The molecule has 2 heterocycles. The molecule has 116 valence electrons. The first-order valence-electron chi connectivity index (χ1n) is 7.03. The van der Waals surface area contributed by atoms with Crippen LogP contribution in [-0.4, -0.2) is 45.9 Å². The number of aromatic nitrogens is 2. The zero-order valence-electron chi connectivity index (χ0n) is 12.6. The van der Waals surface area contributed by atoms with E-state index < -0.39 is 5.60 Å². The molecule has 0 saturated carbocycles. The molecule has 1 aromatic heterocycles. The van der Waals surface area contributed by atoms with Crippen LogP contribution in [0.25, 0.3) is 0 Å². The van der Waals surface area contributed by atoms with Gasteiger partial charge in [0, 0.05) is 25.7 Å². The van der Waals surface area contributed by atoms with Gasteiger partial charge in [-0.25, -0.2) is 4.79 Å². The molecule has 0 radical (unpaired) electrons. The Labute approximate surface area is 129 Å². The Morgan fingerprint density at radius 3 is 2.86 bits per heavy atom. The van der Waals surface area contributed by atoms with Crippen molar-refractivity contribution in [2.24, 2.45) is 0 Å². The summed E-state index contributed by atoms with van der Waals surface area (Å²) in [5.74, 6) is 0.